The molecule has 0 aliphatic carbocycles. The highest BCUT2D eigenvalue weighted by Gasteiger charge is 1.94. The molecule has 0 amide bonds. The highest BCUT2D eigenvalue weighted by Crippen LogP contribution is 1.97. The van der Waals surface area contributed by atoms with Gasteiger partial charge in [0.05, 0.1) is 6.61 Å². The van der Waals surface area contributed by atoms with Crippen LogP contribution in [0.25, 0.3) is 0 Å². The molecule has 5 heteroatoms. The fourth-order valence-corrected chi connectivity index (χ4v) is 0.569. The van der Waals surface area contributed by atoms with Gasteiger partial charge in [0.15, 0.2) is 0 Å². The van der Waals surface area contributed by atoms with Crippen molar-refractivity contribution in [1.29, 1.82) is 0 Å². The van der Waals surface area contributed by atoms with E-state index in [1.54, 1.807) is 0 Å². The van der Waals surface area contributed by atoms with Gasteiger partial charge < -0.3 is 0 Å². The molecule has 0 unspecified atom stereocenters. The van der Waals surface area contributed by atoms with Crippen LogP contribution >= 0.6 is 0 Å². The summed E-state index contributed by atoms with van der Waals surface area (Å²) in [4.78, 5) is 20.6. The number of nitrogens with zero attached hydrogens (tertiary/aromatic N) is 3. The molecule has 66 valence electrons. The summed E-state index contributed by atoms with van der Waals surface area (Å²) < 4.78 is 0. The van der Waals surface area contributed by atoms with E-state index in [0.717, 1.165) is 12.8 Å². The summed E-state index contributed by atoms with van der Waals surface area (Å²) in [7, 11) is 0. The molecule has 0 aliphatic rings. The van der Waals surface area contributed by atoms with Crippen LogP contribution in [0.15, 0.2) is 12.7 Å². The molecule has 0 bridgehead atoms. The van der Waals surface area contributed by atoms with Crippen LogP contribution in [0, 0.1) is 0 Å². The van der Waals surface area contributed by atoms with Crippen molar-refractivity contribution in [2.75, 3.05) is 6.61 Å². The summed E-state index contributed by atoms with van der Waals surface area (Å²) in [5.74, 6) is 0. The van der Waals surface area contributed by atoms with E-state index < -0.39 is 0 Å². The van der Waals surface area contributed by atoms with E-state index in [4.69, 9.17) is 9.78 Å². The Hall–Kier alpha value is -1.23. The molecule has 0 aliphatic heterocycles. The van der Waals surface area contributed by atoms with Crippen LogP contribution in [0.2, 0.25) is 0 Å². The Morgan fingerprint density at radius 1 is 1.33 bits per heavy atom. The summed E-state index contributed by atoms with van der Waals surface area (Å²) in [5, 5.41) is 0. The number of hydrogen-bond acceptors (Lipinski definition) is 5. The monoisotopic (exact) mass is 169 g/mol. The standard InChI is InChI=1S/C7H11N3O2/c1-2-3-4-11-12-7-9-5-8-6-10-7/h5-6H,2-4H2,1H3. The lowest BCUT2D eigenvalue weighted by Gasteiger charge is -1.99. The van der Waals surface area contributed by atoms with Crippen LogP contribution in [0.3, 0.4) is 0 Å². The van der Waals surface area contributed by atoms with Gasteiger partial charge in [-0.25, -0.2) is 4.98 Å². The minimum absolute atomic E-state index is 0.195. The van der Waals surface area contributed by atoms with Crippen molar-refractivity contribution in [3.63, 3.8) is 0 Å². The van der Waals surface area contributed by atoms with Gasteiger partial charge in [-0.2, -0.15) is 14.9 Å². The Morgan fingerprint density at radius 3 is 2.75 bits per heavy atom. The molecule has 0 radical (unpaired) electrons. The van der Waals surface area contributed by atoms with Crippen molar-refractivity contribution in [3.05, 3.63) is 12.7 Å². The molecule has 0 saturated heterocycles. The van der Waals surface area contributed by atoms with Crippen molar-refractivity contribution >= 4 is 0 Å². The Bertz CT molecular complexity index is 205. The molecule has 1 aromatic heterocycles. The first-order valence-electron chi connectivity index (χ1n) is 3.85. The predicted octanol–water partition coefficient (Wildman–Crippen LogP) is 0.982. The molecule has 0 N–H and O–H groups in total. The minimum Gasteiger partial charge on any atom is -0.295 e. The number of aromatic nitrogens is 3. The van der Waals surface area contributed by atoms with E-state index in [0.29, 0.717) is 6.61 Å². The van der Waals surface area contributed by atoms with Crippen LogP contribution in [-0.4, -0.2) is 21.6 Å². The maximum Gasteiger partial charge on any atom is 0.356 e. The summed E-state index contributed by atoms with van der Waals surface area (Å²) in [5.41, 5.74) is 0. The molecular formula is C7H11N3O2. The molecule has 0 saturated carbocycles. The molecule has 12 heavy (non-hydrogen) atoms. The first-order chi connectivity index (χ1) is 5.93. The van der Waals surface area contributed by atoms with Gasteiger partial charge in [-0.3, -0.25) is 4.89 Å². The second kappa shape index (κ2) is 5.42. The third-order valence-electron chi connectivity index (χ3n) is 1.18. The van der Waals surface area contributed by atoms with Gasteiger partial charge in [-0.15, -0.1) is 0 Å². The zero-order valence-electron chi connectivity index (χ0n) is 6.93. The molecule has 0 atom stereocenters. The molecule has 1 rings (SSSR count). The maximum atomic E-state index is 4.81. The molecule has 0 spiro atoms. The highest BCUT2D eigenvalue weighted by molar-refractivity contribution is 4.84. The van der Waals surface area contributed by atoms with Gasteiger partial charge in [0.2, 0.25) is 0 Å². The first-order valence-corrected chi connectivity index (χ1v) is 3.85. The number of hydrogen-bond donors (Lipinski definition) is 0. The second-order valence-corrected chi connectivity index (χ2v) is 2.18. The van der Waals surface area contributed by atoms with Crippen LogP contribution in [-0.2, 0) is 4.89 Å². The Balaban J connectivity index is 2.16. The van der Waals surface area contributed by atoms with Gasteiger partial charge in [0, 0.05) is 0 Å². The predicted molar refractivity (Wildman–Crippen MR) is 41.3 cm³/mol. The van der Waals surface area contributed by atoms with Gasteiger partial charge >= 0.3 is 6.01 Å². The van der Waals surface area contributed by atoms with Gasteiger partial charge in [-0.1, -0.05) is 13.3 Å². The van der Waals surface area contributed by atoms with E-state index in [-0.39, 0.29) is 6.01 Å². The topological polar surface area (TPSA) is 57.1 Å². The molecular weight excluding hydrogens is 158 g/mol. The molecule has 5 nitrogen and oxygen atoms in total. The lowest BCUT2D eigenvalue weighted by Crippen LogP contribution is -2.02. The quantitative estimate of drug-likeness (QED) is 0.373. The van der Waals surface area contributed by atoms with Gasteiger partial charge in [-0.05, 0) is 6.42 Å². The summed E-state index contributed by atoms with van der Waals surface area (Å²) in [6, 6.07) is 0.195. The van der Waals surface area contributed by atoms with E-state index in [1.165, 1.54) is 12.7 Å². The van der Waals surface area contributed by atoms with E-state index in [9.17, 15) is 0 Å². The summed E-state index contributed by atoms with van der Waals surface area (Å²) in [6.45, 7) is 2.63. The summed E-state index contributed by atoms with van der Waals surface area (Å²) >= 11 is 0. The Labute approximate surface area is 70.7 Å². The molecule has 1 heterocycles. The SMILES string of the molecule is CCCCOOc1ncncn1. The van der Waals surface area contributed by atoms with Crippen molar-refractivity contribution in [3.8, 4) is 6.01 Å². The minimum atomic E-state index is 0.195. The highest BCUT2D eigenvalue weighted by atomic mass is 17.2. The number of rotatable bonds is 5. The smallest absolute Gasteiger partial charge is 0.295 e. The third kappa shape index (κ3) is 3.25. The molecule has 1 aromatic rings. The lowest BCUT2D eigenvalue weighted by molar-refractivity contribution is -0.213. The van der Waals surface area contributed by atoms with Gasteiger partial charge in [0.1, 0.15) is 12.7 Å². The van der Waals surface area contributed by atoms with Crippen molar-refractivity contribution in [1.82, 2.24) is 15.0 Å². The average Bonchev–Trinajstić information content (AvgIpc) is 2.14. The van der Waals surface area contributed by atoms with Crippen molar-refractivity contribution < 1.29 is 9.78 Å². The van der Waals surface area contributed by atoms with Crippen LogP contribution in [0.1, 0.15) is 19.8 Å². The Morgan fingerprint density at radius 2 is 2.08 bits per heavy atom. The van der Waals surface area contributed by atoms with Crippen molar-refractivity contribution in [2.24, 2.45) is 0 Å². The summed E-state index contributed by atoms with van der Waals surface area (Å²) in [6.07, 6.45) is 4.74. The van der Waals surface area contributed by atoms with E-state index in [2.05, 4.69) is 21.9 Å². The molecule has 0 aromatic carbocycles. The maximum absolute atomic E-state index is 4.81. The largest absolute Gasteiger partial charge is 0.356 e. The average molecular weight is 169 g/mol. The van der Waals surface area contributed by atoms with Crippen LogP contribution in [0.4, 0.5) is 0 Å². The first kappa shape index (κ1) is 8.86. The molecule has 0 fully saturated rings. The zero-order chi connectivity index (χ0) is 8.65. The third-order valence-corrected chi connectivity index (χ3v) is 1.18. The lowest BCUT2D eigenvalue weighted by atomic mass is 10.4. The fraction of sp³-hybridized carbons (Fsp3) is 0.571. The number of unbranched alkanes of at least 4 members (excludes halogenated alkanes) is 1. The van der Waals surface area contributed by atoms with Crippen LogP contribution in [0.5, 0.6) is 6.01 Å². The second-order valence-electron chi connectivity index (χ2n) is 2.18. The Kier molecular flexibility index (Phi) is 4.01. The van der Waals surface area contributed by atoms with Crippen molar-refractivity contribution in [2.45, 2.75) is 19.8 Å². The van der Waals surface area contributed by atoms with Gasteiger partial charge in [0.25, 0.3) is 0 Å². The fourth-order valence-electron chi connectivity index (χ4n) is 0.569. The van der Waals surface area contributed by atoms with Crippen LogP contribution < -0.4 is 4.89 Å². The normalized spacial score (nSPS) is 9.75. The zero-order valence-corrected chi connectivity index (χ0v) is 6.93. The van der Waals surface area contributed by atoms with E-state index in [1.807, 2.05) is 0 Å². The van der Waals surface area contributed by atoms with E-state index >= 15 is 0 Å².